The van der Waals surface area contributed by atoms with Crippen LogP contribution in [0.4, 0.5) is 0 Å². The third-order valence-corrected chi connectivity index (χ3v) is 6.33. The SMILES string of the molecule is CC(NC(=O)c1cccnc1)N1CCCCC1=C1c2ccccc2C=Cc2ccccc21. The maximum Gasteiger partial charge on any atom is 0.254 e. The predicted molar refractivity (Wildman–Crippen MR) is 130 cm³/mol. The van der Waals surface area contributed by atoms with Crippen LogP contribution >= 0.6 is 0 Å². The average molecular weight is 422 g/mol. The van der Waals surface area contributed by atoms with Crippen LogP contribution in [0.25, 0.3) is 17.7 Å². The molecule has 4 heteroatoms. The van der Waals surface area contributed by atoms with Crippen molar-refractivity contribution >= 4 is 23.6 Å². The number of pyridine rings is 1. The van der Waals surface area contributed by atoms with Crippen molar-refractivity contribution in [2.45, 2.75) is 32.4 Å². The van der Waals surface area contributed by atoms with Gasteiger partial charge in [-0.1, -0.05) is 60.7 Å². The van der Waals surface area contributed by atoms with E-state index < -0.39 is 0 Å². The predicted octanol–water partition coefficient (Wildman–Crippen LogP) is 5.59. The summed E-state index contributed by atoms with van der Waals surface area (Å²) >= 11 is 0. The van der Waals surface area contributed by atoms with E-state index in [-0.39, 0.29) is 12.1 Å². The third kappa shape index (κ3) is 3.84. The number of amides is 1. The third-order valence-electron chi connectivity index (χ3n) is 6.33. The van der Waals surface area contributed by atoms with Gasteiger partial charge < -0.3 is 10.2 Å². The van der Waals surface area contributed by atoms with Gasteiger partial charge in [0.25, 0.3) is 5.91 Å². The molecule has 2 aliphatic rings. The number of piperidine rings is 1. The van der Waals surface area contributed by atoms with Gasteiger partial charge in [-0.15, -0.1) is 0 Å². The number of allylic oxidation sites excluding steroid dienone is 1. The summed E-state index contributed by atoms with van der Waals surface area (Å²) in [7, 11) is 0. The fourth-order valence-corrected chi connectivity index (χ4v) is 4.77. The largest absolute Gasteiger partial charge is 0.354 e. The smallest absolute Gasteiger partial charge is 0.254 e. The number of rotatable bonds is 3. The van der Waals surface area contributed by atoms with Gasteiger partial charge in [0.1, 0.15) is 0 Å². The molecule has 3 aromatic rings. The van der Waals surface area contributed by atoms with Crippen LogP contribution in [0.5, 0.6) is 0 Å². The lowest BCUT2D eigenvalue weighted by molar-refractivity contribution is 0.0880. The number of nitrogens with zero attached hydrogens (tertiary/aromatic N) is 2. The van der Waals surface area contributed by atoms with Gasteiger partial charge in [0.15, 0.2) is 0 Å². The highest BCUT2D eigenvalue weighted by Gasteiger charge is 2.27. The van der Waals surface area contributed by atoms with E-state index in [1.807, 2.05) is 0 Å². The Morgan fingerprint density at radius 3 is 2.28 bits per heavy atom. The molecule has 1 fully saturated rings. The molecular weight excluding hydrogens is 394 g/mol. The minimum atomic E-state index is -0.124. The Balaban J connectivity index is 1.59. The van der Waals surface area contributed by atoms with Gasteiger partial charge in [0, 0.05) is 30.2 Å². The molecule has 1 amide bonds. The Hall–Kier alpha value is -3.66. The molecule has 1 aromatic heterocycles. The fraction of sp³-hybridized carbons (Fsp3) is 0.214. The quantitative estimate of drug-likeness (QED) is 0.469. The van der Waals surface area contributed by atoms with Crippen molar-refractivity contribution in [1.82, 2.24) is 15.2 Å². The van der Waals surface area contributed by atoms with E-state index in [4.69, 9.17) is 0 Å². The zero-order valence-corrected chi connectivity index (χ0v) is 18.3. The number of fused-ring (bicyclic) bond motifs is 2. The molecule has 32 heavy (non-hydrogen) atoms. The van der Waals surface area contributed by atoms with Crippen LogP contribution in [0, 0.1) is 0 Å². The van der Waals surface area contributed by atoms with Crippen LogP contribution < -0.4 is 5.32 Å². The highest BCUT2D eigenvalue weighted by Crippen LogP contribution is 2.39. The molecule has 0 spiro atoms. The van der Waals surface area contributed by atoms with Gasteiger partial charge in [-0.3, -0.25) is 9.78 Å². The number of hydrogen-bond acceptors (Lipinski definition) is 3. The molecule has 1 saturated heterocycles. The first-order chi connectivity index (χ1) is 15.7. The summed E-state index contributed by atoms with van der Waals surface area (Å²) in [5.41, 5.74) is 8.12. The highest BCUT2D eigenvalue weighted by atomic mass is 16.1. The minimum absolute atomic E-state index is 0.0937. The van der Waals surface area contributed by atoms with Crippen LogP contribution in [0.1, 0.15) is 58.8 Å². The second kappa shape index (κ2) is 8.83. The normalized spacial score (nSPS) is 16.1. The van der Waals surface area contributed by atoms with E-state index in [0.717, 1.165) is 25.8 Å². The van der Waals surface area contributed by atoms with E-state index in [1.54, 1.807) is 24.5 Å². The maximum atomic E-state index is 12.8. The molecule has 0 radical (unpaired) electrons. The molecule has 160 valence electrons. The minimum Gasteiger partial charge on any atom is -0.354 e. The molecule has 5 rings (SSSR count). The van der Waals surface area contributed by atoms with Crippen LogP contribution in [-0.2, 0) is 0 Å². The van der Waals surface area contributed by atoms with Crippen molar-refractivity contribution in [1.29, 1.82) is 0 Å². The Kier molecular flexibility index (Phi) is 5.59. The molecule has 1 unspecified atom stereocenters. The summed E-state index contributed by atoms with van der Waals surface area (Å²) in [6.07, 6.45) is 10.8. The van der Waals surface area contributed by atoms with Crippen molar-refractivity contribution in [2.75, 3.05) is 6.54 Å². The van der Waals surface area contributed by atoms with Crippen LogP contribution in [0.15, 0.2) is 78.8 Å². The van der Waals surface area contributed by atoms with Gasteiger partial charge in [-0.2, -0.15) is 0 Å². The Labute approximate surface area is 189 Å². The number of aromatic nitrogens is 1. The number of benzene rings is 2. The molecule has 0 saturated carbocycles. The van der Waals surface area contributed by atoms with Crippen molar-refractivity contribution in [2.24, 2.45) is 0 Å². The number of hydrogen-bond donors (Lipinski definition) is 1. The van der Waals surface area contributed by atoms with Gasteiger partial charge in [-0.25, -0.2) is 0 Å². The molecular formula is C28H27N3O. The molecule has 4 nitrogen and oxygen atoms in total. The Bertz CT molecular complexity index is 1140. The lowest BCUT2D eigenvalue weighted by Gasteiger charge is -2.39. The molecule has 1 atom stereocenters. The zero-order chi connectivity index (χ0) is 21.9. The second-order valence-electron chi connectivity index (χ2n) is 8.37. The van der Waals surface area contributed by atoms with Gasteiger partial charge >= 0.3 is 0 Å². The Morgan fingerprint density at radius 2 is 1.62 bits per heavy atom. The van der Waals surface area contributed by atoms with Crippen molar-refractivity contribution in [3.63, 3.8) is 0 Å². The van der Waals surface area contributed by atoms with Crippen molar-refractivity contribution in [3.8, 4) is 0 Å². The van der Waals surface area contributed by atoms with Crippen LogP contribution in [0.3, 0.4) is 0 Å². The second-order valence-corrected chi connectivity index (χ2v) is 8.37. The monoisotopic (exact) mass is 421 g/mol. The summed E-state index contributed by atoms with van der Waals surface area (Å²) < 4.78 is 0. The zero-order valence-electron chi connectivity index (χ0n) is 18.3. The summed E-state index contributed by atoms with van der Waals surface area (Å²) in [6.45, 7) is 3.00. The van der Waals surface area contributed by atoms with E-state index in [9.17, 15) is 4.79 Å². The van der Waals surface area contributed by atoms with E-state index in [1.165, 1.54) is 33.5 Å². The van der Waals surface area contributed by atoms with E-state index in [0.29, 0.717) is 5.56 Å². The number of nitrogens with one attached hydrogen (secondary N) is 1. The van der Waals surface area contributed by atoms with Crippen molar-refractivity contribution < 1.29 is 4.79 Å². The summed E-state index contributed by atoms with van der Waals surface area (Å²) in [4.78, 5) is 19.3. The molecule has 1 aliphatic heterocycles. The van der Waals surface area contributed by atoms with Gasteiger partial charge in [0.2, 0.25) is 0 Å². The fourth-order valence-electron chi connectivity index (χ4n) is 4.77. The summed E-state index contributed by atoms with van der Waals surface area (Å²) in [5, 5.41) is 3.20. The lowest BCUT2D eigenvalue weighted by atomic mass is 9.88. The van der Waals surface area contributed by atoms with Crippen molar-refractivity contribution in [3.05, 3.63) is 107 Å². The molecule has 2 heterocycles. The number of carbonyl (C=O) groups is 1. The Morgan fingerprint density at radius 1 is 0.938 bits per heavy atom. The first-order valence-electron chi connectivity index (χ1n) is 11.3. The highest BCUT2D eigenvalue weighted by molar-refractivity contribution is 5.95. The first kappa shape index (κ1) is 20.3. The van der Waals surface area contributed by atoms with Crippen LogP contribution in [0.2, 0.25) is 0 Å². The molecule has 0 bridgehead atoms. The van der Waals surface area contributed by atoms with Gasteiger partial charge in [-0.05, 0) is 60.6 Å². The topological polar surface area (TPSA) is 45.2 Å². The summed E-state index contributed by atoms with van der Waals surface area (Å²) in [6, 6.07) is 20.8. The standard InChI is InChI=1S/C28H27N3O/c1-20(30-28(32)23-11-8-17-29-19-23)31-18-7-6-14-26(31)27-24-12-4-2-9-21(24)15-16-22-10-3-5-13-25(22)27/h2-5,8-13,15-17,19-20H,6-7,14,18H2,1H3,(H,30,32). The number of likely N-dealkylation sites (tertiary alicyclic amines) is 1. The molecule has 1 N–H and O–H groups in total. The average Bonchev–Trinajstić information content (AvgIpc) is 3.01. The van der Waals surface area contributed by atoms with Gasteiger partial charge in [0.05, 0.1) is 11.7 Å². The number of carbonyl (C=O) groups excluding carboxylic acids is 1. The molecule has 2 aromatic carbocycles. The summed E-state index contributed by atoms with van der Waals surface area (Å²) in [5.74, 6) is -0.0937. The maximum absolute atomic E-state index is 12.8. The molecule has 1 aliphatic carbocycles. The van der Waals surface area contributed by atoms with Crippen LogP contribution in [-0.4, -0.2) is 28.5 Å². The first-order valence-corrected chi connectivity index (χ1v) is 11.3. The lowest BCUT2D eigenvalue weighted by Crippen LogP contribution is -2.47. The van der Waals surface area contributed by atoms with E-state index >= 15 is 0 Å². The van der Waals surface area contributed by atoms with E-state index in [2.05, 4.69) is 82.8 Å².